The molecule has 0 atom stereocenters. The van der Waals surface area contributed by atoms with E-state index in [9.17, 15) is 9.59 Å². The van der Waals surface area contributed by atoms with E-state index in [0.29, 0.717) is 16.7 Å². The van der Waals surface area contributed by atoms with Crippen LogP contribution in [0.4, 0.5) is 5.69 Å². The number of Topliss-reactive ketones (excluding diaryl/α,β-unsaturated/α-hetero) is 2. The van der Waals surface area contributed by atoms with Gasteiger partial charge in [0.2, 0.25) is 0 Å². The van der Waals surface area contributed by atoms with Crippen LogP contribution in [0.25, 0.3) is 0 Å². The Bertz CT molecular complexity index is 821. The van der Waals surface area contributed by atoms with Gasteiger partial charge in [-0.15, -0.1) is 0 Å². The minimum absolute atomic E-state index is 0.177. The van der Waals surface area contributed by atoms with Gasteiger partial charge in [-0.2, -0.15) is 0 Å². The van der Waals surface area contributed by atoms with Gasteiger partial charge in [0, 0.05) is 43.0 Å². The number of alkyl halides is 1. The summed E-state index contributed by atoms with van der Waals surface area (Å²) in [5, 5.41) is 0. The van der Waals surface area contributed by atoms with Crippen molar-refractivity contribution in [2.24, 2.45) is 0 Å². The van der Waals surface area contributed by atoms with Crippen LogP contribution in [0.1, 0.15) is 26.3 Å². The molecule has 0 unspecified atom stereocenters. The molecular formula is C20H19BrN2O2. The molecule has 0 saturated carbocycles. The van der Waals surface area contributed by atoms with Crippen LogP contribution in [0.2, 0.25) is 0 Å². The number of carbonyl (C=O) groups excluding carboxylic acids is 2. The number of likely N-dealkylation sites (N-methyl/N-ethyl adjacent to an activating group) is 1. The summed E-state index contributed by atoms with van der Waals surface area (Å²) in [5.74, 6) is -0.354. The Morgan fingerprint density at radius 1 is 0.880 bits per heavy atom. The van der Waals surface area contributed by atoms with E-state index < -0.39 is 4.32 Å². The molecule has 0 bridgehead atoms. The molecule has 0 amide bonds. The molecule has 1 aliphatic carbocycles. The van der Waals surface area contributed by atoms with Gasteiger partial charge in [0.05, 0.1) is 0 Å². The molecule has 0 aromatic heterocycles. The Kier molecular flexibility index (Phi) is 4.01. The Morgan fingerprint density at radius 2 is 1.48 bits per heavy atom. The monoisotopic (exact) mass is 398 g/mol. The highest BCUT2D eigenvalue weighted by Crippen LogP contribution is 2.45. The third-order valence-corrected chi connectivity index (χ3v) is 6.33. The molecule has 0 radical (unpaired) electrons. The van der Waals surface area contributed by atoms with Gasteiger partial charge in [0.15, 0.2) is 15.9 Å². The van der Waals surface area contributed by atoms with Crippen molar-refractivity contribution in [1.29, 1.82) is 0 Å². The SMILES string of the molecule is CN1CCN(c2cccc(C3(Br)C(=O)c4ccccc4C3=O)c2)CC1. The van der Waals surface area contributed by atoms with Crippen molar-refractivity contribution in [1.82, 2.24) is 4.90 Å². The van der Waals surface area contributed by atoms with Crippen LogP contribution < -0.4 is 4.90 Å². The summed E-state index contributed by atoms with van der Waals surface area (Å²) in [7, 11) is 2.12. The zero-order chi connectivity index (χ0) is 17.6. The van der Waals surface area contributed by atoms with Crippen LogP contribution in [-0.4, -0.2) is 49.7 Å². The molecule has 4 rings (SSSR count). The maximum absolute atomic E-state index is 13.0. The Morgan fingerprint density at radius 3 is 2.08 bits per heavy atom. The molecular weight excluding hydrogens is 380 g/mol. The number of anilines is 1. The number of benzene rings is 2. The van der Waals surface area contributed by atoms with Crippen molar-refractivity contribution in [3.05, 3.63) is 65.2 Å². The maximum atomic E-state index is 13.0. The van der Waals surface area contributed by atoms with Gasteiger partial charge in [0.25, 0.3) is 0 Å². The molecule has 0 spiro atoms. The van der Waals surface area contributed by atoms with Crippen LogP contribution in [0.15, 0.2) is 48.5 Å². The molecule has 1 heterocycles. The first-order valence-corrected chi connectivity index (χ1v) is 9.22. The topological polar surface area (TPSA) is 40.6 Å². The number of hydrogen-bond acceptors (Lipinski definition) is 4. The smallest absolute Gasteiger partial charge is 0.192 e. The number of rotatable bonds is 2. The Labute approximate surface area is 155 Å². The first kappa shape index (κ1) is 16.5. The molecule has 25 heavy (non-hydrogen) atoms. The van der Waals surface area contributed by atoms with E-state index in [0.717, 1.165) is 31.9 Å². The summed E-state index contributed by atoms with van der Waals surface area (Å²) in [5.41, 5.74) is 2.75. The van der Waals surface area contributed by atoms with Crippen molar-refractivity contribution in [2.75, 3.05) is 38.1 Å². The van der Waals surface area contributed by atoms with Gasteiger partial charge < -0.3 is 9.80 Å². The van der Waals surface area contributed by atoms with Crippen molar-refractivity contribution >= 4 is 33.2 Å². The van der Waals surface area contributed by atoms with Crippen molar-refractivity contribution in [2.45, 2.75) is 4.32 Å². The van der Waals surface area contributed by atoms with Gasteiger partial charge in [-0.3, -0.25) is 9.59 Å². The number of hydrogen-bond donors (Lipinski definition) is 0. The first-order chi connectivity index (χ1) is 12.0. The molecule has 1 aliphatic heterocycles. The maximum Gasteiger partial charge on any atom is 0.192 e. The highest BCUT2D eigenvalue weighted by atomic mass is 79.9. The van der Waals surface area contributed by atoms with Crippen LogP contribution in [0, 0.1) is 0 Å². The summed E-state index contributed by atoms with van der Waals surface area (Å²) in [6.45, 7) is 3.90. The number of piperazine rings is 1. The van der Waals surface area contributed by atoms with Gasteiger partial charge in [-0.05, 0) is 24.7 Å². The number of carbonyl (C=O) groups is 2. The highest BCUT2D eigenvalue weighted by molar-refractivity contribution is 9.10. The predicted octanol–water partition coefficient (Wildman–Crippen LogP) is 3.11. The minimum Gasteiger partial charge on any atom is -0.369 e. The molecule has 4 nitrogen and oxygen atoms in total. The summed E-state index contributed by atoms with van der Waals surface area (Å²) < 4.78 is -1.31. The minimum atomic E-state index is -1.31. The molecule has 2 aliphatic rings. The predicted molar refractivity (Wildman–Crippen MR) is 102 cm³/mol. The third kappa shape index (κ3) is 2.53. The van der Waals surface area contributed by atoms with E-state index in [1.165, 1.54) is 0 Å². The summed E-state index contributed by atoms with van der Waals surface area (Å²) in [4.78, 5) is 30.5. The fraction of sp³-hybridized carbons (Fsp3) is 0.300. The van der Waals surface area contributed by atoms with Crippen LogP contribution >= 0.6 is 15.9 Å². The standard InChI is InChI=1S/C20H19BrN2O2/c1-22-9-11-23(12-10-22)15-6-4-5-14(13-15)20(21)18(24)16-7-2-3-8-17(16)19(20)25/h2-8,13H,9-12H2,1H3. The van der Waals surface area contributed by atoms with E-state index in [1.807, 2.05) is 24.3 Å². The molecule has 128 valence electrons. The van der Waals surface area contributed by atoms with E-state index in [-0.39, 0.29) is 11.6 Å². The zero-order valence-electron chi connectivity index (χ0n) is 14.0. The summed E-state index contributed by atoms with van der Waals surface area (Å²) in [6.07, 6.45) is 0. The third-order valence-electron chi connectivity index (χ3n) is 5.15. The van der Waals surface area contributed by atoms with Crippen molar-refractivity contribution in [3.8, 4) is 0 Å². The van der Waals surface area contributed by atoms with Crippen molar-refractivity contribution in [3.63, 3.8) is 0 Å². The fourth-order valence-corrected chi connectivity index (χ4v) is 4.27. The Balaban J connectivity index is 1.72. The average Bonchev–Trinajstić information content (AvgIpc) is 2.85. The normalized spacial score (nSPS) is 20.0. The van der Waals surface area contributed by atoms with Crippen molar-refractivity contribution < 1.29 is 9.59 Å². The van der Waals surface area contributed by atoms with Gasteiger partial charge in [-0.25, -0.2) is 0 Å². The molecule has 2 aromatic rings. The summed E-state index contributed by atoms with van der Waals surface area (Å²) in [6, 6.07) is 14.8. The second-order valence-electron chi connectivity index (χ2n) is 6.70. The number of fused-ring (bicyclic) bond motifs is 1. The molecule has 1 fully saturated rings. The van der Waals surface area contributed by atoms with Crippen LogP contribution in [0.5, 0.6) is 0 Å². The highest BCUT2D eigenvalue weighted by Gasteiger charge is 2.52. The lowest BCUT2D eigenvalue weighted by atomic mass is 9.93. The fourth-order valence-electron chi connectivity index (χ4n) is 3.60. The second kappa shape index (κ2) is 6.07. The lowest BCUT2D eigenvalue weighted by Crippen LogP contribution is -2.44. The second-order valence-corrected chi connectivity index (χ2v) is 7.89. The molecule has 1 saturated heterocycles. The van der Waals surface area contributed by atoms with Crippen LogP contribution in [0.3, 0.4) is 0 Å². The quantitative estimate of drug-likeness (QED) is 0.575. The van der Waals surface area contributed by atoms with Gasteiger partial charge in [0.1, 0.15) is 0 Å². The summed E-state index contributed by atoms with van der Waals surface area (Å²) >= 11 is 3.51. The molecule has 0 N–H and O–H groups in total. The lowest BCUT2D eigenvalue weighted by molar-refractivity contribution is 0.0871. The van der Waals surface area contributed by atoms with E-state index >= 15 is 0 Å². The van der Waals surface area contributed by atoms with Crippen LogP contribution in [-0.2, 0) is 4.32 Å². The number of halogens is 1. The lowest BCUT2D eigenvalue weighted by Gasteiger charge is -2.34. The zero-order valence-corrected chi connectivity index (χ0v) is 15.6. The van der Waals surface area contributed by atoms with Gasteiger partial charge in [-0.1, -0.05) is 52.3 Å². The van der Waals surface area contributed by atoms with Gasteiger partial charge >= 0.3 is 0 Å². The van der Waals surface area contributed by atoms with E-state index in [4.69, 9.17) is 0 Å². The first-order valence-electron chi connectivity index (χ1n) is 8.43. The number of nitrogens with zero attached hydrogens (tertiary/aromatic N) is 2. The molecule has 2 aromatic carbocycles. The van der Waals surface area contributed by atoms with E-state index in [1.54, 1.807) is 24.3 Å². The number of ketones is 2. The molecule has 5 heteroatoms. The van der Waals surface area contributed by atoms with E-state index in [2.05, 4.69) is 32.8 Å². The Hall–Kier alpha value is -1.98. The largest absolute Gasteiger partial charge is 0.369 e. The average molecular weight is 399 g/mol.